The van der Waals surface area contributed by atoms with E-state index in [1.165, 1.54) is 0 Å². The van der Waals surface area contributed by atoms with Crippen LogP contribution in [0.25, 0.3) is 11.1 Å². The van der Waals surface area contributed by atoms with E-state index in [0.717, 1.165) is 22.3 Å². The summed E-state index contributed by atoms with van der Waals surface area (Å²) in [5.74, 6) is -2.70. The standard InChI is InChI=1S/C45H44ClN2O5/c1-43(2,3)53-42(51)45(52-30-49,40-35-24-12-10-22-33(35)34-23-11-13-25-36(34)40)41(50)39(28-16-17-29-47)48-44(31-18-6-4-7-19-31,32-20-8-5-9-21-32)37-26-14-15-27-38(37)46/h4-15,18-27,39-40,48H,16-17,28-29,47H2,1-3H3/t39-,45?/m0/s1. The van der Waals surface area contributed by atoms with Crippen LogP contribution in [0.15, 0.2) is 133 Å². The van der Waals surface area contributed by atoms with Crippen molar-refractivity contribution >= 4 is 29.8 Å². The lowest BCUT2D eigenvalue weighted by atomic mass is 9.72. The van der Waals surface area contributed by atoms with Gasteiger partial charge in [-0.25, -0.2) is 9.59 Å². The third kappa shape index (κ3) is 7.17. The molecule has 1 unspecified atom stereocenters. The summed E-state index contributed by atoms with van der Waals surface area (Å²) >= 11 is 7.09. The number of hydrogen-bond acceptors (Lipinski definition) is 7. The minimum Gasteiger partial charge on any atom is -0.457 e. The van der Waals surface area contributed by atoms with Crippen LogP contribution >= 0.6 is 11.6 Å². The average molecular weight is 728 g/mol. The van der Waals surface area contributed by atoms with Crippen molar-refractivity contribution in [1.29, 1.82) is 0 Å². The number of ether oxygens (including phenoxy) is 2. The van der Waals surface area contributed by atoms with E-state index in [4.69, 9.17) is 26.8 Å². The molecule has 0 aliphatic heterocycles. The third-order valence-corrected chi connectivity index (χ3v) is 10.2. The van der Waals surface area contributed by atoms with Gasteiger partial charge in [-0.15, -0.1) is 0 Å². The SMILES string of the molecule is CC(C)(C)OC(=O)C(O[C]=O)(C(=O)[C@H](CCCCN)NC(c1ccccc1)(c1ccccc1)c1ccccc1Cl)C1c2ccccc2-c2ccccc21. The number of nitrogens with one attached hydrogen (secondary N) is 1. The Morgan fingerprint density at radius 3 is 1.77 bits per heavy atom. The van der Waals surface area contributed by atoms with Gasteiger partial charge in [-0.2, -0.15) is 0 Å². The van der Waals surface area contributed by atoms with Crippen molar-refractivity contribution < 1.29 is 23.9 Å². The second kappa shape index (κ2) is 15.9. The highest BCUT2D eigenvalue weighted by Gasteiger charge is 2.62. The molecule has 0 saturated heterocycles. The average Bonchev–Trinajstić information content (AvgIpc) is 3.50. The predicted molar refractivity (Wildman–Crippen MR) is 208 cm³/mol. The van der Waals surface area contributed by atoms with Gasteiger partial charge in [-0.1, -0.05) is 145 Å². The Hall–Kier alpha value is -5.08. The number of esters is 1. The third-order valence-electron chi connectivity index (χ3n) is 9.86. The molecule has 5 aromatic carbocycles. The van der Waals surface area contributed by atoms with Gasteiger partial charge in [0.2, 0.25) is 5.78 Å². The molecule has 0 saturated carbocycles. The first-order valence-electron chi connectivity index (χ1n) is 17.9. The first-order chi connectivity index (χ1) is 25.6. The summed E-state index contributed by atoms with van der Waals surface area (Å²) in [6.45, 7) is 7.08. The van der Waals surface area contributed by atoms with E-state index in [1.807, 2.05) is 133 Å². The van der Waals surface area contributed by atoms with Crippen LogP contribution in [0.3, 0.4) is 0 Å². The highest BCUT2D eigenvalue weighted by atomic mass is 35.5. The van der Waals surface area contributed by atoms with Crippen molar-refractivity contribution in [3.63, 3.8) is 0 Å². The maximum atomic E-state index is 16.0. The molecule has 0 fully saturated rings. The van der Waals surface area contributed by atoms with Crippen LogP contribution in [-0.4, -0.2) is 42.0 Å². The second-order valence-corrected chi connectivity index (χ2v) is 14.7. The zero-order valence-corrected chi connectivity index (χ0v) is 30.9. The minimum absolute atomic E-state index is 0.241. The molecule has 8 heteroatoms. The summed E-state index contributed by atoms with van der Waals surface area (Å²) < 4.78 is 12.0. The molecule has 53 heavy (non-hydrogen) atoms. The Morgan fingerprint density at radius 1 is 0.755 bits per heavy atom. The molecule has 0 heterocycles. The van der Waals surface area contributed by atoms with Gasteiger partial charge < -0.3 is 15.2 Å². The summed E-state index contributed by atoms with van der Waals surface area (Å²) in [5.41, 5.74) is 6.52. The zero-order valence-electron chi connectivity index (χ0n) is 30.2. The molecule has 7 nitrogen and oxygen atoms in total. The van der Waals surface area contributed by atoms with Gasteiger partial charge in [0.1, 0.15) is 5.60 Å². The van der Waals surface area contributed by atoms with Crippen LogP contribution in [0, 0.1) is 0 Å². The number of rotatable bonds is 15. The predicted octanol–water partition coefficient (Wildman–Crippen LogP) is 8.27. The van der Waals surface area contributed by atoms with E-state index in [9.17, 15) is 9.59 Å². The minimum atomic E-state index is -2.49. The molecule has 0 amide bonds. The maximum absolute atomic E-state index is 16.0. The number of Topliss-reactive ketones (excluding diaryl/α,β-unsaturated/α-hetero) is 1. The summed E-state index contributed by atoms with van der Waals surface area (Å²) in [7, 11) is 0. The lowest BCUT2D eigenvalue weighted by molar-refractivity contribution is -0.180. The second-order valence-electron chi connectivity index (χ2n) is 14.3. The lowest BCUT2D eigenvalue weighted by Crippen LogP contribution is -2.63. The van der Waals surface area contributed by atoms with E-state index in [2.05, 4.69) is 5.32 Å². The number of carbonyl (C=O) groups is 2. The van der Waals surface area contributed by atoms with Crippen molar-refractivity contribution in [2.24, 2.45) is 5.73 Å². The van der Waals surface area contributed by atoms with Gasteiger partial charge in [-0.3, -0.25) is 10.1 Å². The van der Waals surface area contributed by atoms with Gasteiger partial charge in [0.05, 0.1) is 17.5 Å². The van der Waals surface area contributed by atoms with Crippen molar-refractivity contribution in [3.8, 4) is 11.1 Å². The Labute approximate surface area is 316 Å². The monoisotopic (exact) mass is 727 g/mol. The molecular weight excluding hydrogens is 684 g/mol. The van der Waals surface area contributed by atoms with Gasteiger partial charge >= 0.3 is 12.4 Å². The topological polar surface area (TPSA) is 108 Å². The number of benzene rings is 5. The lowest BCUT2D eigenvalue weighted by Gasteiger charge is -2.43. The number of halogens is 1. The Bertz CT molecular complexity index is 1980. The van der Waals surface area contributed by atoms with Crippen molar-refractivity contribution in [1.82, 2.24) is 5.32 Å². The fourth-order valence-electron chi connectivity index (χ4n) is 7.67. The number of fused-ring (bicyclic) bond motifs is 3. The van der Waals surface area contributed by atoms with Gasteiger partial charge in [0, 0.05) is 5.02 Å². The van der Waals surface area contributed by atoms with Gasteiger partial charge in [0.25, 0.3) is 5.60 Å². The number of nitrogens with two attached hydrogens (primary N) is 1. The van der Waals surface area contributed by atoms with Crippen molar-refractivity contribution in [2.75, 3.05) is 6.54 Å². The number of ketones is 1. The Morgan fingerprint density at radius 2 is 1.26 bits per heavy atom. The molecule has 1 aliphatic carbocycles. The van der Waals surface area contributed by atoms with E-state index in [0.29, 0.717) is 41.1 Å². The van der Waals surface area contributed by atoms with Crippen LogP contribution in [0.1, 0.15) is 73.8 Å². The number of unbranched alkanes of at least 4 members (excludes halogenated alkanes) is 1. The molecule has 6 rings (SSSR count). The molecule has 271 valence electrons. The highest BCUT2D eigenvalue weighted by Crippen LogP contribution is 2.52. The fourth-order valence-corrected chi connectivity index (χ4v) is 7.95. The Kier molecular flexibility index (Phi) is 11.3. The van der Waals surface area contributed by atoms with Crippen LogP contribution in [-0.2, 0) is 29.4 Å². The normalized spacial score (nSPS) is 14.4. The molecule has 1 aliphatic rings. The molecular formula is C45H44ClN2O5. The molecule has 3 N–H and O–H groups in total. The molecule has 5 aromatic rings. The number of carbonyl (C=O) groups excluding carboxylic acids is 3. The summed E-state index contributed by atoms with van der Waals surface area (Å²) in [6, 6.07) is 40.9. The van der Waals surface area contributed by atoms with Crippen LogP contribution < -0.4 is 11.1 Å². The van der Waals surface area contributed by atoms with Crippen LogP contribution in [0.5, 0.6) is 0 Å². The first kappa shape index (κ1) is 37.7. The fraction of sp³-hybridized carbons (Fsp3) is 0.267. The van der Waals surface area contributed by atoms with Crippen LogP contribution in [0.2, 0.25) is 5.02 Å². The molecule has 0 spiro atoms. The van der Waals surface area contributed by atoms with Crippen molar-refractivity contribution in [2.45, 2.75) is 68.7 Å². The van der Waals surface area contributed by atoms with E-state index < -0.39 is 40.5 Å². The summed E-state index contributed by atoms with van der Waals surface area (Å²) in [4.78, 5) is 43.7. The largest absolute Gasteiger partial charge is 0.457 e. The number of hydrogen-bond donors (Lipinski definition) is 2. The van der Waals surface area contributed by atoms with Crippen molar-refractivity contribution in [3.05, 3.63) is 166 Å². The highest BCUT2D eigenvalue weighted by molar-refractivity contribution is 6.31. The van der Waals surface area contributed by atoms with E-state index >= 15 is 4.79 Å². The quantitative estimate of drug-likeness (QED) is 0.0484. The van der Waals surface area contributed by atoms with Gasteiger partial charge in [-0.05, 0) is 85.2 Å². The van der Waals surface area contributed by atoms with Crippen LogP contribution in [0.4, 0.5) is 0 Å². The molecule has 2 atom stereocenters. The molecule has 0 bridgehead atoms. The smallest absolute Gasteiger partial charge is 0.419 e. The van der Waals surface area contributed by atoms with Gasteiger partial charge in [0.15, 0.2) is 0 Å². The maximum Gasteiger partial charge on any atom is 0.419 e. The first-order valence-corrected chi connectivity index (χ1v) is 18.3. The van der Waals surface area contributed by atoms with E-state index in [-0.39, 0.29) is 6.42 Å². The van der Waals surface area contributed by atoms with E-state index in [1.54, 1.807) is 27.2 Å². The molecule has 0 aromatic heterocycles. The summed E-state index contributed by atoms with van der Waals surface area (Å²) in [5, 5.41) is 4.24. The molecule has 1 radical (unpaired) electrons. The summed E-state index contributed by atoms with van der Waals surface area (Å²) in [6.07, 6.45) is 1.37. The zero-order chi connectivity index (χ0) is 37.6. The Balaban J connectivity index is 1.65.